The first-order valence-corrected chi connectivity index (χ1v) is 11.0. The van der Waals surface area contributed by atoms with Crippen LogP contribution in [0.3, 0.4) is 0 Å². The molecule has 1 fully saturated rings. The Bertz CT molecular complexity index is 946. The molecule has 1 N–H and O–H groups in total. The van der Waals surface area contributed by atoms with Gasteiger partial charge in [-0.15, -0.1) is 0 Å². The second-order valence-corrected chi connectivity index (χ2v) is 8.95. The fraction of sp³-hybridized carbons (Fsp3) is 0.522. The number of hydrogen-bond donors (Lipinski definition) is 1. The average Bonchev–Trinajstić information content (AvgIpc) is 3.20. The van der Waals surface area contributed by atoms with E-state index in [9.17, 15) is 9.59 Å². The first-order valence-electron chi connectivity index (χ1n) is 10.6. The summed E-state index contributed by atoms with van der Waals surface area (Å²) in [7, 11) is 0. The number of aryl methyl sites for hydroxylation is 2. The SMILES string of the molecule is C[C@@H](Cn1nc2c(cc1=O)CCCC2)NC(=O)C1(c2ccc(Cl)cc2)CCCC1. The van der Waals surface area contributed by atoms with Crippen LogP contribution in [0.15, 0.2) is 35.1 Å². The lowest BCUT2D eigenvalue weighted by atomic mass is 9.78. The number of nitrogens with one attached hydrogen (secondary N) is 1. The number of amides is 1. The van der Waals surface area contributed by atoms with E-state index < -0.39 is 5.41 Å². The average molecular weight is 414 g/mol. The summed E-state index contributed by atoms with van der Waals surface area (Å²) in [5.41, 5.74) is 2.55. The van der Waals surface area contributed by atoms with Gasteiger partial charge in [0.25, 0.3) is 5.56 Å². The van der Waals surface area contributed by atoms with Gasteiger partial charge in [-0.05, 0) is 68.7 Å². The number of halogens is 1. The Labute approximate surface area is 176 Å². The van der Waals surface area contributed by atoms with E-state index in [2.05, 4.69) is 10.4 Å². The summed E-state index contributed by atoms with van der Waals surface area (Å²) in [5.74, 6) is 0.0378. The Morgan fingerprint density at radius 1 is 1.17 bits per heavy atom. The zero-order valence-corrected chi connectivity index (χ0v) is 17.7. The Morgan fingerprint density at radius 2 is 1.86 bits per heavy atom. The van der Waals surface area contributed by atoms with E-state index in [0.29, 0.717) is 11.6 Å². The molecule has 0 saturated heterocycles. The van der Waals surface area contributed by atoms with Crippen LogP contribution in [0.5, 0.6) is 0 Å². The van der Waals surface area contributed by atoms with Gasteiger partial charge in [0.05, 0.1) is 17.7 Å². The molecule has 1 saturated carbocycles. The number of nitrogens with zero attached hydrogens (tertiary/aromatic N) is 2. The van der Waals surface area contributed by atoms with Crippen LogP contribution in [0.1, 0.15) is 62.3 Å². The highest BCUT2D eigenvalue weighted by Crippen LogP contribution is 2.41. The molecule has 6 heteroatoms. The molecule has 1 aromatic carbocycles. The van der Waals surface area contributed by atoms with E-state index >= 15 is 0 Å². The Hall–Kier alpha value is -2.14. The highest BCUT2D eigenvalue weighted by Gasteiger charge is 2.43. The van der Waals surface area contributed by atoms with Crippen LogP contribution in [0.4, 0.5) is 0 Å². The van der Waals surface area contributed by atoms with Crippen molar-refractivity contribution in [3.63, 3.8) is 0 Å². The molecule has 1 heterocycles. The van der Waals surface area contributed by atoms with E-state index in [-0.39, 0.29) is 17.5 Å². The van der Waals surface area contributed by atoms with Gasteiger partial charge in [-0.1, -0.05) is 36.6 Å². The van der Waals surface area contributed by atoms with E-state index in [0.717, 1.165) is 68.2 Å². The van der Waals surface area contributed by atoms with Crippen molar-refractivity contribution in [3.05, 3.63) is 62.5 Å². The normalized spacial score (nSPS) is 18.8. The van der Waals surface area contributed by atoms with Gasteiger partial charge < -0.3 is 5.32 Å². The van der Waals surface area contributed by atoms with E-state index in [4.69, 9.17) is 11.6 Å². The summed E-state index contributed by atoms with van der Waals surface area (Å²) in [6, 6.07) is 9.18. The zero-order valence-electron chi connectivity index (χ0n) is 16.9. The lowest BCUT2D eigenvalue weighted by Crippen LogP contribution is -2.48. The molecular formula is C23H28ClN3O2. The van der Waals surface area contributed by atoms with Crippen molar-refractivity contribution in [2.24, 2.45) is 0 Å². The van der Waals surface area contributed by atoms with Crippen molar-refractivity contribution in [2.75, 3.05) is 0 Å². The molecule has 2 aliphatic carbocycles. The fourth-order valence-corrected chi connectivity index (χ4v) is 4.92. The molecule has 0 spiro atoms. The van der Waals surface area contributed by atoms with Gasteiger partial charge in [-0.2, -0.15) is 5.10 Å². The predicted molar refractivity (Wildman–Crippen MR) is 114 cm³/mol. The predicted octanol–water partition coefficient (Wildman–Crippen LogP) is 3.79. The maximum absolute atomic E-state index is 13.3. The Balaban J connectivity index is 1.50. The molecule has 0 unspecified atom stereocenters. The van der Waals surface area contributed by atoms with E-state index in [1.807, 2.05) is 31.2 Å². The first-order chi connectivity index (χ1) is 14.0. The minimum atomic E-state index is -0.507. The molecule has 2 aliphatic rings. The van der Waals surface area contributed by atoms with Gasteiger partial charge in [0, 0.05) is 17.1 Å². The second-order valence-electron chi connectivity index (χ2n) is 8.51. The van der Waals surface area contributed by atoms with E-state index in [1.54, 1.807) is 6.07 Å². The molecule has 5 nitrogen and oxygen atoms in total. The highest BCUT2D eigenvalue weighted by molar-refractivity contribution is 6.30. The molecule has 1 amide bonds. The van der Waals surface area contributed by atoms with Crippen molar-refractivity contribution in [3.8, 4) is 0 Å². The van der Waals surface area contributed by atoms with Gasteiger partial charge in [-0.3, -0.25) is 9.59 Å². The number of hydrogen-bond acceptors (Lipinski definition) is 3. The largest absolute Gasteiger partial charge is 0.351 e. The number of carbonyl (C=O) groups excluding carboxylic acids is 1. The number of rotatable bonds is 5. The fourth-order valence-electron chi connectivity index (χ4n) is 4.79. The quantitative estimate of drug-likeness (QED) is 0.810. The minimum Gasteiger partial charge on any atom is -0.351 e. The van der Waals surface area contributed by atoms with Crippen LogP contribution in [-0.4, -0.2) is 21.7 Å². The van der Waals surface area contributed by atoms with Gasteiger partial charge >= 0.3 is 0 Å². The van der Waals surface area contributed by atoms with Crippen LogP contribution >= 0.6 is 11.6 Å². The molecule has 0 bridgehead atoms. The number of benzene rings is 1. The molecule has 1 atom stereocenters. The number of carbonyl (C=O) groups is 1. The monoisotopic (exact) mass is 413 g/mol. The summed E-state index contributed by atoms with van der Waals surface area (Å²) in [5, 5.41) is 8.42. The zero-order chi connectivity index (χ0) is 20.4. The molecule has 1 aromatic heterocycles. The highest BCUT2D eigenvalue weighted by atomic mass is 35.5. The molecule has 154 valence electrons. The van der Waals surface area contributed by atoms with Gasteiger partial charge in [0.2, 0.25) is 5.91 Å². The van der Waals surface area contributed by atoms with Crippen molar-refractivity contribution in [1.82, 2.24) is 15.1 Å². The third-order valence-electron chi connectivity index (χ3n) is 6.39. The second kappa shape index (κ2) is 8.31. The Kier molecular flexibility index (Phi) is 5.77. The molecule has 4 rings (SSSR count). The topological polar surface area (TPSA) is 64.0 Å². The molecule has 2 aromatic rings. The van der Waals surface area contributed by atoms with Crippen molar-refractivity contribution < 1.29 is 4.79 Å². The van der Waals surface area contributed by atoms with Crippen LogP contribution < -0.4 is 10.9 Å². The molecule has 29 heavy (non-hydrogen) atoms. The number of aromatic nitrogens is 2. The summed E-state index contributed by atoms with van der Waals surface area (Å²) in [4.78, 5) is 25.8. The van der Waals surface area contributed by atoms with Gasteiger partial charge in [0.1, 0.15) is 0 Å². The Morgan fingerprint density at radius 3 is 2.59 bits per heavy atom. The van der Waals surface area contributed by atoms with E-state index in [1.165, 1.54) is 4.68 Å². The van der Waals surface area contributed by atoms with Gasteiger partial charge in [0.15, 0.2) is 0 Å². The maximum Gasteiger partial charge on any atom is 0.267 e. The number of fused-ring (bicyclic) bond motifs is 1. The van der Waals surface area contributed by atoms with Crippen molar-refractivity contribution >= 4 is 17.5 Å². The standard InChI is InChI=1S/C23H28ClN3O2/c1-16(15-27-21(28)14-17-6-2-3-7-20(17)26-27)25-22(29)23(12-4-5-13-23)18-8-10-19(24)11-9-18/h8-11,14,16H,2-7,12-13,15H2,1H3,(H,25,29)/t16-/m0/s1. The smallest absolute Gasteiger partial charge is 0.267 e. The lowest BCUT2D eigenvalue weighted by Gasteiger charge is -2.30. The third-order valence-corrected chi connectivity index (χ3v) is 6.64. The first kappa shape index (κ1) is 20.1. The van der Waals surface area contributed by atoms with Crippen LogP contribution in [0.2, 0.25) is 5.02 Å². The lowest BCUT2D eigenvalue weighted by molar-refractivity contribution is -0.127. The molecule has 0 radical (unpaired) electrons. The molecular weight excluding hydrogens is 386 g/mol. The van der Waals surface area contributed by atoms with Crippen molar-refractivity contribution in [2.45, 2.75) is 76.3 Å². The third kappa shape index (κ3) is 4.11. The van der Waals surface area contributed by atoms with Crippen molar-refractivity contribution in [1.29, 1.82) is 0 Å². The summed E-state index contributed by atoms with van der Waals surface area (Å²) < 4.78 is 1.51. The van der Waals surface area contributed by atoms with Crippen LogP contribution in [0, 0.1) is 0 Å². The van der Waals surface area contributed by atoms with Crippen LogP contribution in [0.25, 0.3) is 0 Å². The summed E-state index contributed by atoms with van der Waals surface area (Å²) in [6.45, 7) is 2.32. The summed E-state index contributed by atoms with van der Waals surface area (Å²) in [6.07, 6.45) is 7.86. The maximum atomic E-state index is 13.3. The van der Waals surface area contributed by atoms with Gasteiger partial charge in [-0.25, -0.2) is 4.68 Å². The molecule has 0 aliphatic heterocycles. The summed E-state index contributed by atoms with van der Waals surface area (Å²) >= 11 is 6.04. The minimum absolute atomic E-state index is 0.0378. The van der Waals surface area contributed by atoms with Crippen LogP contribution in [-0.2, 0) is 29.6 Å².